The Hall–Kier alpha value is -1.71. The third kappa shape index (κ3) is 3.14. The highest BCUT2D eigenvalue weighted by molar-refractivity contribution is 5.81. The van der Waals surface area contributed by atoms with Gasteiger partial charge >= 0.3 is 0 Å². The zero-order valence-corrected chi connectivity index (χ0v) is 12.7. The van der Waals surface area contributed by atoms with Crippen molar-refractivity contribution in [3.8, 4) is 11.5 Å². The maximum atomic E-state index is 12.3. The van der Waals surface area contributed by atoms with Crippen molar-refractivity contribution in [2.45, 2.75) is 44.8 Å². The lowest BCUT2D eigenvalue weighted by Crippen LogP contribution is -2.44. The third-order valence-electron chi connectivity index (χ3n) is 4.79. The summed E-state index contributed by atoms with van der Waals surface area (Å²) >= 11 is 0. The summed E-state index contributed by atoms with van der Waals surface area (Å²) in [5.74, 6) is 2.88. The molecule has 2 fully saturated rings. The molecule has 2 bridgehead atoms. The third-order valence-corrected chi connectivity index (χ3v) is 4.79. The van der Waals surface area contributed by atoms with Crippen molar-refractivity contribution in [3.05, 3.63) is 24.3 Å². The lowest BCUT2D eigenvalue weighted by molar-refractivity contribution is -0.128. The zero-order valence-electron chi connectivity index (χ0n) is 12.7. The molecule has 114 valence electrons. The number of benzene rings is 1. The van der Waals surface area contributed by atoms with Crippen molar-refractivity contribution in [2.75, 3.05) is 7.11 Å². The van der Waals surface area contributed by atoms with Crippen LogP contribution < -0.4 is 14.8 Å². The summed E-state index contributed by atoms with van der Waals surface area (Å²) in [6.45, 7) is 1.79. The molecular formula is C17H23NO3. The molecule has 0 aromatic heterocycles. The standard InChI is InChI=1S/C17H23NO3/c1-11(21-15-5-3-4-14(10-15)20-2)17(19)18-16-9-12-6-7-13(16)8-12/h3-5,10-13,16H,6-9H2,1-2H3,(H,18,19)/t11-,12-,13-,16+/m0/s1. The zero-order chi connectivity index (χ0) is 14.8. The number of amides is 1. The molecule has 2 aliphatic rings. The number of hydrogen-bond acceptors (Lipinski definition) is 3. The average Bonchev–Trinajstić information content (AvgIpc) is 3.10. The molecule has 1 amide bonds. The summed E-state index contributed by atoms with van der Waals surface area (Å²) < 4.78 is 10.9. The molecule has 4 heteroatoms. The van der Waals surface area contributed by atoms with Crippen molar-refractivity contribution in [1.82, 2.24) is 5.32 Å². The van der Waals surface area contributed by atoms with Crippen molar-refractivity contribution in [1.29, 1.82) is 0 Å². The summed E-state index contributed by atoms with van der Waals surface area (Å²) in [5.41, 5.74) is 0. The molecule has 2 saturated carbocycles. The van der Waals surface area contributed by atoms with Crippen LogP contribution in [-0.4, -0.2) is 25.2 Å². The molecule has 1 aromatic rings. The minimum atomic E-state index is -0.490. The molecule has 1 N–H and O–H groups in total. The van der Waals surface area contributed by atoms with Gasteiger partial charge in [0.1, 0.15) is 11.5 Å². The van der Waals surface area contributed by atoms with Crippen LogP contribution >= 0.6 is 0 Å². The summed E-state index contributed by atoms with van der Waals surface area (Å²) in [6, 6.07) is 7.69. The Morgan fingerprint density at radius 1 is 1.29 bits per heavy atom. The van der Waals surface area contributed by atoms with Crippen LogP contribution in [0.15, 0.2) is 24.3 Å². The second-order valence-electron chi connectivity index (χ2n) is 6.23. The van der Waals surface area contributed by atoms with Gasteiger partial charge in [-0.15, -0.1) is 0 Å². The molecule has 0 unspecified atom stereocenters. The van der Waals surface area contributed by atoms with E-state index in [1.807, 2.05) is 18.2 Å². The van der Waals surface area contributed by atoms with E-state index in [4.69, 9.17) is 9.47 Å². The van der Waals surface area contributed by atoms with Crippen molar-refractivity contribution < 1.29 is 14.3 Å². The fraction of sp³-hybridized carbons (Fsp3) is 0.588. The number of carbonyl (C=O) groups excluding carboxylic acids is 1. The van der Waals surface area contributed by atoms with E-state index >= 15 is 0 Å². The summed E-state index contributed by atoms with van der Waals surface area (Å²) in [4.78, 5) is 12.3. The molecular weight excluding hydrogens is 266 g/mol. The fourth-order valence-corrected chi connectivity index (χ4v) is 3.65. The van der Waals surface area contributed by atoms with Gasteiger partial charge in [-0.05, 0) is 50.2 Å². The van der Waals surface area contributed by atoms with Crippen LogP contribution in [0.5, 0.6) is 11.5 Å². The van der Waals surface area contributed by atoms with Crippen molar-refractivity contribution >= 4 is 5.91 Å². The molecule has 1 aromatic carbocycles. The minimum absolute atomic E-state index is 0.0182. The van der Waals surface area contributed by atoms with E-state index in [2.05, 4.69) is 5.32 Å². The smallest absolute Gasteiger partial charge is 0.261 e. The van der Waals surface area contributed by atoms with E-state index in [0.29, 0.717) is 17.7 Å². The summed E-state index contributed by atoms with van der Waals surface area (Å²) in [5, 5.41) is 3.16. The van der Waals surface area contributed by atoms with E-state index in [1.165, 1.54) is 19.3 Å². The van der Waals surface area contributed by atoms with Gasteiger partial charge < -0.3 is 14.8 Å². The molecule has 2 aliphatic carbocycles. The highest BCUT2D eigenvalue weighted by atomic mass is 16.5. The second-order valence-corrected chi connectivity index (χ2v) is 6.23. The highest BCUT2D eigenvalue weighted by Crippen LogP contribution is 2.44. The number of nitrogens with one attached hydrogen (secondary N) is 1. The van der Waals surface area contributed by atoms with E-state index in [9.17, 15) is 4.79 Å². The normalized spacial score (nSPS) is 28.2. The topological polar surface area (TPSA) is 47.6 Å². The lowest BCUT2D eigenvalue weighted by atomic mass is 9.95. The molecule has 0 saturated heterocycles. The maximum absolute atomic E-state index is 12.3. The van der Waals surface area contributed by atoms with Crippen LogP contribution in [0.4, 0.5) is 0 Å². The number of hydrogen-bond donors (Lipinski definition) is 1. The maximum Gasteiger partial charge on any atom is 0.261 e. The molecule has 0 heterocycles. The quantitative estimate of drug-likeness (QED) is 0.906. The van der Waals surface area contributed by atoms with Crippen LogP contribution in [-0.2, 0) is 4.79 Å². The molecule has 3 rings (SSSR count). The molecule has 4 nitrogen and oxygen atoms in total. The SMILES string of the molecule is COc1cccc(O[C@@H](C)C(=O)N[C@@H]2C[C@H]3CC[C@H]2C3)c1. The molecule has 21 heavy (non-hydrogen) atoms. The first-order valence-electron chi connectivity index (χ1n) is 7.77. The van der Waals surface area contributed by atoms with Crippen LogP contribution in [0, 0.1) is 11.8 Å². The Labute approximate surface area is 125 Å². The van der Waals surface area contributed by atoms with Gasteiger partial charge in [-0.2, -0.15) is 0 Å². The number of carbonyl (C=O) groups is 1. The Balaban J connectivity index is 1.54. The first-order valence-corrected chi connectivity index (χ1v) is 7.77. The van der Waals surface area contributed by atoms with E-state index < -0.39 is 6.10 Å². The molecule has 0 spiro atoms. The lowest BCUT2D eigenvalue weighted by Gasteiger charge is -2.24. The molecule has 4 atom stereocenters. The number of methoxy groups -OCH3 is 1. The second kappa shape index (κ2) is 5.96. The van der Waals surface area contributed by atoms with Gasteiger partial charge in [0.15, 0.2) is 6.10 Å². The fourth-order valence-electron chi connectivity index (χ4n) is 3.65. The van der Waals surface area contributed by atoms with Gasteiger partial charge in [0.05, 0.1) is 7.11 Å². The molecule has 0 radical (unpaired) electrons. The van der Waals surface area contributed by atoms with Gasteiger partial charge in [-0.25, -0.2) is 0 Å². The van der Waals surface area contributed by atoms with Gasteiger partial charge in [-0.3, -0.25) is 4.79 Å². The Kier molecular flexibility index (Phi) is 4.04. The predicted molar refractivity (Wildman–Crippen MR) is 80.5 cm³/mol. The van der Waals surface area contributed by atoms with Gasteiger partial charge in [0.2, 0.25) is 0 Å². The number of fused-ring (bicyclic) bond motifs is 2. The predicted octanol–water partition coefficient (Wildman–Crippen LogP) is 2.77. The van der Waals surface area contributed by atoms with Crippen molar-refractivity contribution in [3.63, 3.8) is 0 Å². The first-order chi connectivity index (χ1) is 10.2. The average molecular weight is 289 g/mol. The number of rotatable bonds is 5. The van der Waals surface area contributed by atoms with Crippen LogP contribution in [0.25, 0.3) is 0 Å². The van der Waals surface area contributed by atoms with Crippen LogP contribution in [0.2, 0.25) is 0 Å². The monoisotopic (exact) mass is 289 g/mol. The Bertz CT molecular complexity index is 517. The van der Waals surface area contributed by atoms with E-state index in [-0.39, 0.29) is 5.91 Å². The largest absolute Gasteiger partial charge is 0.497 e. The summed E-state index contributed by atoms with van der Waals surface area (Å²) in [7, 11) is 1.62. The highest BCUT2D eigenvalue weighted by Gasteiger charge is 2.40. The van der Waals surface area contributed by atoms with Crippen LogP contribution in [0.3, 0.4) is 0 Å². The Morgan fingerprint density at radius 2 is 2.10 bits per heavy atom. The Morgan fingerprint density at radius 3 is 2.76 bits per heavy atom. The van der Waals surface area contributed by atoms with Crippen LogP contribution in [0.1, 0.15) is 32.6 Å². The van der Waals surface area contributed by atoms with Gasteiger partial charge in [0, 0.05) is 12.1 Å². The van der Waals surface area contributed by atoms with E-state index in [0.717, 1.165) is 18.1 Å². The van der Waals surface area contributed by atoms with Crippen molar-refractivity contribution in [2.24, 2.45) is 11.8 Å². The number of ether oxygens (including phenoxy) is 2. The summed E-state index contributed by atoms with van der Waals surface area (Å²) in [6.07, 6.45) is 4.54. The first kappa shape index (κ1) is 14.2. The van der Waals surface area contributed by atoms with E-state index in [1.54, 1.807) is 20.1 Å². The van der Waals surface area contributed by atoms with Gasteiger partial charge in [-0.1, -0.05) is 12.5 Å². The molecule has 0 aliphatic heterocycles. The minimum Gasteiger partial charge on any atom is -0.497 e. The van der Waals surface area contributed by atoms with Gasteiger partial charge in [0.25, 0.3) is 5.91 Å².